The molecule has 0 radical (unpaired) electrons. The molecule has 3 aliphatic heterocycles. The van der Waals surface area contributed by atoms with Crippen LogP contribution in [0.1, 0.15) is 113 Å². The van der Waals surface area contributed by atoms with Gasteiger partial charge in [-0.15, -0.1) is 0 Å². The number of halogens is 3. The Kier molecular flexibility index (Phi) is 28.7. The molecule has 0 unspecified atom stereocenters. The second kappa shape index (κ2) is 33.8. The van der Waals surface area contributed by atoms with E-state index in [4.69, 9.17) is 49.0 Å². The van der Waals surface area contributed by atoms with Gasteiger partial charge in [0.1, 0.15) is 0 Å². The van der Waals surface area contributed by atoms with Gasteiger partial charge in [0.2, 0.25) is 0 Å². The molecule has 336 valence electrons. The number of nitrogens with zero attached hydrogens (tertiary/aromatic N) is 3. The number of rotatable bonds is 24. The highest BCUT2D eigenvalue weighted by molar-refractivity contribution is 6.31. The molecule has 0 atom stereocenters. The Labute approximate surface area is 380 Å². The van der Waals surface area contributed by atoms with Crippen LogP contribution in [0.15, 0.2) is 72.8 Å². The summed E-state index contributed by atoms with van der Waals surface area (Å²) in [4.78, 5) is 7.71. The average molecular weight is 888 g/mol. The zero-order valence-corrected chi connectivity index (χ0v) is 39.2. The fraction of sp³-hybridized carbons (Fsp3) is 0.647. The maximum absolute atomic E-state index is 5.87. The predicted octanol–water partition coefficient (Wildman–Crippen LogP) is 12.5. The van der Waals surface area contributed by atoms with E-state index in [0.29, 0.717) is 0 Å². The van der Waals surface area contributed by atoms with E-state index in [9.17, 15) is 0 Å². The lowest BCUT2D eigenvalue weighted by molar-refractivity contribution is 0.115. The minimum absolute atomic E-state index is 0.808. The Morgan fingerprint density at radius 2 is 0.550 bits per heavy atom. The summed E-state index contributed by atoms with van der Waals surface area (Å²) in [7, 11) is 0. The average Bonchev–Trinajstić information content (AvgIpc) is 3.29. The predicted molar refractivity (Wildman–Crippen MR) is 256 cm³/mol. The minimum Gasteiger partial charge on any atom is -0.381 e. The van der Waals surface area contributed by atoms with E-state index in [2.05, 4.69) is 51.1 Å². The quantitative estimate of drug-likeness (QED) is 0.0835. The topological polar surface area (TPSA) is 37.4 Å². The van der Waals surface area contributed by atoms with Gasteiger partial charge in [-0.3, -0.25) is 0 Å². The first kappa shape index (κ1) is 50.9. The van der Waals surface area contributed by atoms with Crippen LogP contribution in [0, 0.1) is 0 Å². The normalized spacial score (nSPS) is 16.4. The van der Waals surface area contributed by atoms with E-state index in [1.54, 1.807) is 0 Å². The molecule has 3 aliphatic rings. The summed E-state index contributed by atoms with van der Waals surface area (Å²) in [5.74, 6) is 0. The van der Waals surface area contributed by atoms with Gasteiger partial charge in [-0.25, -0.2) is 0 Å². The number of hydrogen-bond acceptors (Lipinski definition) is 6. The Balaban J connectivity index is 0.000000198. The maximum atomic E-state index is 5.87. The lowest BCUT2D eigenvalue weighted by Crippen LogP contribution is -2.31. The van der Waals surface area contributed by atoms with Gasteiger partial charge in [0, 0.05) is 74.3 Å². The first-order valence-electron chi connectivity index (χ1n) is 23.7. The third-order valence-electron chi connectivity index (χ3n) is 11.6. The van der Waals surface area contributed by atoms with Crippen LogP contribution >= 0.6 is 34.8 Å². The molecule has 6 rings (SSSR count). The highest BCUT2D eigenvalue weighted by atomic mass is 35.5. The van der Waals surface area contributed by atoms with E-state index >= 15 is 0 Å². The van der Waals surface area contributed by atoms with E-state index in [0.717, 1.165) is 93.2 Å². The molecule has 0 N–H and O–H groups in total. The molecule has 9 heteroatoms. The zero-order chi connectivity index (χ0) is 42.1. The van der Waals surface area contributed by atoms with Crippen LogP contribution in [0.3, 0.4) is 0 Å². The SMILES string of the molecule is Clc1ccc(CCCOCCCN2CCCCC2)cc1.Clc1ccc(CCCOCCCN2CCCCC2)cc1.Clc1ccc(CCCOCCCN2CCCCC2)cc1. The summed E-state index contributed by atoms with van der Waals surface area (Å²) in [5.41, 5.74) is 4.02. The van der Waals surface area contributed by atoms with Gasteiger partial charge in [-0.05, 0) is 189 Å². The van der Waals surface area contributed by atoms with E-state index in [1.165, 1.54) is 153 Å². The van der Waals surface area contributed by atoms with Gasteiger partial charge in [-0.1, -0.05) is 90.5 Å². The molecule has 0 saturated carbocycles. The van der Waals surface area contributed by atoms with Crippen molar-refractivity contribution in [3.05, 3.63) is 105 Å². The van der Waals surface area contributed by atoms with Crippen molar-refractivity contribution in [1.29, 1.82) is 0 Å². The molecule has 0 amide bonds. The van der Waals surface area contributed by atoms with Gasteiger partial charge >= 0.3 is 0 Å². The van der Waals surface area contributed by atoms with Gasteiger partial charge < -0.3 is 28.9 Å². The van der Waals surface area contributed by atoms with Crippen molar-refractivity contribution in [2.45, 2.75) is 116 Å². The molecule has 3 aromatic rings. The first-order valence-corrected chi connectivity index (χ1v) is 24.8. The number of ether oxygens (including phenoxy) is 3. The molecular weight excluding hydrogens is 809 g/mol. The van der Waals surface area contributed by atoms with Crippen molar-refractivity contribution in [3.8, 4) is 0 Å². The monoisotopic (exact) mass is 886 g/mol. The van der Waals surface area contributed by atoms with Crippen molar-refractivity contribution in [1.82, 2.24) is 14.7 Å². The van der Waals surface area contributed by atoms with Crippen molar-refractivity contribution in [2.24, 2.45) is 0 Å². The molecule has 6 nitrogen and oxygen atoms in total. The molecule has 0 aromatic heterocycles. The molecule has 3 saturated heterocycles. The van der Waals surface area contributed by atoms with Crippen molar-refractivity contribution >= 4 is 34.8 Å². The molecule has 0 aliphatic carbocycles. The number of likely N-dealkylation sites (tertiary alicyclic amines) is 3. The van der Waals surface area contributed by atoms with Crippen LogP contribution in [0.5, 0.6) is 0 Å². The second-order valence-corrected chi connectivity index (χ2v) is 18.1. The lowest BCUT2D eigenvalue weighted by Gasteiger charge is -2.26. The smallest absolute Gasteiger partial charge is 0.0478 e. The summed E-state index contributed by atoms with van der Waals surface area (Å²) in [5, 5.41) is 2.42. The Hall–Kier alpha value is -1.71. The van der Waals surface area contributed by atoms with Crippen LogP contribution in [-0.2, 0) is 33.5 Å². The standard InChI is InChI=1S/3C17H26ClNO/c3*18-17-9-7-16(8-10-17)6-4-14-20-15-5-13-19-11-2-1-3-12-19/h3*7-10H,1-6,11-15H2. The van der Waals surface area contributed by atoms with Gasteiger partial charge in [-0.2, -0.15) is 0 Å². The zero-order valence-electron chi connectivity index (χ0n) is 37.0. The van der Waals surface area contributed by atoms with Crippen molar-refractivity contribution in [2.75, 3.05) is 98.5 Å². The number of aryl methyl sites for hydroxylation is 3. The second-order valence-electron chi connectivity index (χ2n) is 16.8. The van der Waals surface area contributed by atoms with Gasteiger partial charge in [0.15, 0.2) is 0 Å². The van der Waals surface area contributed by atoms with Crippen LogP contribution in [0.4, 0.5) is 0 Å². The fourth-order valence-corrected chi connectivity index (χ4v) is 8.49. The maximum Gasteiger partial charge on any atom is 0.0478 e. The van der Waals surface area contributed by atoms with Crippen molar-refractivity contribution in [3.63, 3.8) is 0 Å². The molecular formula is C51H78Cl3N3O3. The fourth-order valence-electron chi connectivity index (χ4n) is 8.11. The first-order chi connectivity index (χ1) is 29.5. The van der Waals surface area contributed by atoms with E-state index in [-0.39, 0.29) is 0 Å². The number of hydrogen-bond donors (Lipinski definition) is 0. The number of piperidine rings is 3. The Morgan fingerprint density at radius 3 is 0.800 bits per heavy atom. The molecule has 60 heavy (non-hydrogen) atoms. The largest absolute Gasteiger partial charge is 0.381 e. The van der Waals surface area contributed by atoms with Crippen LogP contribution in [0.2, 0.25) is 15.1 Å². The van der Waals surface area contributed by atoms with Gasteiger partial charge in [0.05, 0.1) is 0 Å². The highest BCUT2D eigenvalue weighted by Gasteiger charge is 2.11. The summed E-state index contributed by atoms with van der Waals surface area (Å²) in [6.45, 7) is 16.6. The Morgan fingerprint density at radius 1 is 0.317 bits per heavy atom. The molecule has 3 aromatic carbocycles. The lowest BCUT2D eigenvalue weighted by atomic mass is 10.1. The molecule has 0 bridgehead atoms. The van der Waals surface area contributed by atoms with E-state index < -0.39 is 0 Å². The van der Waals surface area contributed by atoms with Crippen LogP contribution in [-0.4, -0.2) is 113 Å². The van der Waals surface area contributed by atoms with E-state index in [1.807, 2.05) is 36.4 Å². The van der Waals surface area contributed by atoms with Crippen molar-refractivity contribution < 1.29 is 14.2 Å². The van der Waals surface area contributed by atoms with Crippen LogP contribution in [0.25, 0.3) is 0 Å². The molecule has 0 spiro atoms. The summed E-state index contributed by atoms with van der Waals surface area (Å²) in [6.07, 6.45) is 22.5. The number of benzene rings is 3. The summed E-state index contributed by atoms with van der Waals surface area (Å²) in [6, 6.07) is 24.3. The Bertz CT molecular complexity index is 1250. The third-order valence-corrected chi connectivity index (χ3v) is 12.4. The molecule has 3 fully saturated rings. The summed E-state index contributed by atoms with van der Waals surface area (Å²) < 4.78 is 17.2. The third kappa shape index (κ3) is 25.4. The molecule has 3 heterocycles. The van der Waals surface area contributed by atoms with Crippen LogP contribution < -0.4 is 0 Å². The summed E-state index contributed by atoms with van der Waals surface area (Å²) >= 11 is 17.6. The van der Waals surface area contributed by atoms with Gasteiger partial charge in [0.25, 0.3) is 0 Å². The highest BCUT2D eigenvalue weighted by Crippen LogP contribution is 2.15. The minimum atomic E-state index is 0.808.